The first kappa shape index (κ1) is 11.2. The molecule has 1 radical (unpaired) electrons. The Morgan fingerprint density at radius 3 is 2.78 bits per heavy atom. The van der Waals surface area contributed by atoms with Gasteiger partial charge in [0, 0.05) is 19.8 Å². The quantitative estimate of drug-likeness (QED) is 0.703. The summed E-state index contributed by atoms with van der Waals surface area (Å²) in [5.41, 5.74) is 3.72. The number of hydrogen-bond acceptors (Lipinski definition) is 4. The molecule has 2 heterocycles. The van der Waals surface area contributed by atoms with E-state index in [0.29, 0.717) is 0 Å². The van der Waals surface area contributed by atoms with Gasteiger partial charge in [0.05, 0.1) is 15.9 Å². The van der Waals surface area contributed by atoms with Crippen molar-refractivity contribution in [3.63, 3.8) is 0 Å². The fraction of sp³-hybridized carbons (Fsp3) is 0.143. The summed E-state index contributed by atoms with van der Waals surface area (Å²) < 4.78 is 0. The maximum absolute atomic E-state index is 4.63. The maximum Gasteiger partial charge on any atom is 0.119 e. The lowest BCUT2D eigenvalue weighted by Crippen LogP contribution is -2.08. The largest absolute Gasteiger partial charge is 0.378 e. The van der Waals surface area contributed by atoms with Crippen LogP contribution < -0.4 is 4.90 Å². The summed E-state index contributed by atoms with van der Waals surface area (Å²) in [7, 11) is 4.04. The van der Waals surface area contributed by atoms with Crippen molar-refractivity contribution < 1.29 is 0 Å². The summed E-state index contributed by atoms with van der Waals surface area (Å²) >= 11 is 1.65. The topological polar surface area (TPSA) is 29.0 Å². The number of aromatic nitrogens is 2. The van der Waals surface area contributed by atoms with E-state index in [1.807, 2.05) is 49.8 Å². The molecule has 0 aliphatic heterocycles. The lowest BCUT2D eigenvalue weighted by Gasteiger charge is -2.12. The summed E-state index contributed by atoms with van der Waals surface area (Å²) in [5, 5.41) is 2.03. The van der Waals surface area contributed by atoms with E-state index in [-0.39, 0.29) is 0 Å². The highest BCUT2D eigenvalue weighted by Crippen LogP contribution is 2.24. The van der Waals surface area contributed by atoms with Gasteiger partial charge in [0.1, 0.15) is 11.9 Å². The number of thiophene rings is 1. The average Bonchev–Trinajstić information content (AvgIpc) is 2.91. The van der Waals surface area contributed by atoms with Crippen LogP contribution in [0.2, 0.25) is 0 Å². The summed E-state index contributed by atoms with van der Waals surface area (Å²) in [4.78, 5) is 12.1. The zero-order valence-electron chi connectivity index (χ0n) is 10.2. The molecule has 18 heavy (non-hydrogen) atoms. The second-order valence-electron chi connectivity index (χ2n) is 4.23. The minimum Gasteiger partial charge on any atom is -0.378 e. The Labute approximate surface area is 110 Å². The molecule has 0 saturated heterocycles. The van der Waals surface area contributed by atoms with Crippen LogP contribution in [0.3, 0.4) is 0 Å². The highest BCUT2D eigenvalue weighted by molar-refractivity contribution is 7.13. The molecule has 0 saturated carbocycles. The zero-order chi connectivity index (χ0) is 12.5. The van der Waals surface area contributed by atoms with Crippen molar-refractivity contribution in [1.29, 1.82) is 0 Å². The van der Waals surface area contributed by atoms with Crippen molar-refractivity contribution in [2.75, 3.05) is 19.0 Å². The van der Waals surface area contributed by atoms with Crippen LogP contribution in [0.5, 0.6) is 0 Å². The van der Waals surface area contributed by atoms with Gasteiger partial charge in [0.25, 0.3) is 0 Å². The summed E-state index contributed by atoms with van der Waals surface area (Å²) in [5.74, 6) is 0. The number of anilines is 1. The second kappa shape index (κ2) is 4.38. The van der Waals surface area contributed by atoms with Gasteiger partial charge in [0.15, 0.2) is 0 Å². The van der Waals surface area contributed by atoms with Gasteiger partial charge in [-0.15, -0.1) is 11.3 Å². The van der Waals surface area contributed by atoms with Crippen LogP contribution in [0.1, 0.15) is 0 Å². The van der Waals surface area contributed by atoms with E-state index in [0.717, 1.165) is 27.3 Å². The van der Waals surface area contributed by atoms with Gasteiger partial charge >= 0.3 is 0 Å². The van der Waals surface area contributed by atoms with Crippen LogP contribution in [0.25, 0.3) is 21.6 Å². The third-order valence-electron chi connectivity index (χ3n) is 2.74. The number of nitrogens with zero attached hydrogens (tertiary/aromatic N) is 3. The van der Waals surface area contributed by atoms with Crippen LogP contribution in [0.15, 0.2) is 35.7 Å². The van der Waals surface area contributed by atoms with Crippen LogP contribution >= 0.6 is 11.3 Å². The number of rotatable bonds is 2. The van der Waals surface area contributed by atoms with Crippen molar-refractivity contribution in [1.82, 2.24) is 9.97 Å². The standard InChI is InChI=1S/C14H12N3S/c1-17(2)10-5-6-11-12(8-10)16-13(9-15-11)14-4-3-7-18-14/h3-8H,1-2H3. The molecule has 4 heteroatoms. The lowest BCUT2D eigenvalue weighted by molar-refractivity contribution is 1.13. The fourth-order valence-corrected chi connectivity index (χ4v) is 2.42. The number of hydrogen-bond donors (Lipinski definition) is 0. The summed E-state index contributed by atoms with van der Waals surface area (Å²) in [6, 6.07) is 10.1. The Kier molecular flexibility index (Phi) is 2.72. The normalized spacial score (nSPS) is 10.8. The van der Waals surface area contributed by atoms with E-state index < -0.39 is 0 Å². The Morgan fingerprint density at radius 2 is 2.06 bits per heavy atom. The predicted octanol–water partition coefficient (Wildman–Crippen LogP) is 3.22. The molecular formula is C14H12N3S. The van der Waals surface area contributed by atoms with E-state index in [1.54, 1.807) is 11.3 Å². The van der Waals surface area contributed by atoms with Crippen LogP contribution in [0, 0.1) is 6.20 Å². The Bertz CT molecular complexity index is 675. The summed E-state index contributed by atoms with van der Waals surface area (Å²) in [6.07, 6.45) is 3.00. The van der Waals surface area contributed by atoms with Crippen LogP contribution in [-0.2, 0) is 0 Å². The number of benzene rings is 1. The molecule has 3 nitrogen and oxygen atoms in total. The molecule has 89 valence electrons. The van der Waals surface area contributed by atoms with Gasteiger partial charge in [-0.3, -0.25) is 0 Å². The SMILES string of the molecule is CN(C)c1ccc2n[c]c(-c3cccs3)nc2c1. The molecular weight excluding hydrogens is 242 g/mol. The molecule has 0 aliphatic rings. The van der Waals surface area contributed by atoms with Crippen molar-refractivity contribution >= 4 is 28.1 Å². The highest BCUT2D eigenvalue weighted by atomic mass is 32.1. The monoisotopic (exact) mass is 254 g/mol. The molecule has 0 bridgehead atoms. The van der Waals surface area contributed by atoms with Gasteiger partial charge in [-0.2, -0.15) is 0 Å². The Morgan fingerprint density at radius 1 is 1.17 bits per heavy atom. The van der Waals surface area contributed by atoms with E-state index in [9.17, 15) is 0 Å². The van der Waals surface area contributed by atoms with E-state index in [4.69, 9.17) is 0 Å². The van der Waals surface area contributed by atoms with E-state index in [2.05, 4.69) is 21.1 Å². The van der Waals surface area contributed by atoms with Crippen LogP contribution in [0.4, 0.5) is 5.69 Å². The first-order valence-electron chi connectivity index (χ1n) is 5.65. The fourth-order valence-electron chi connectivity index (χ4n) is 1.76. The minimum atomic E-state index is 0.813. The summed E-state index contributed by atoms with van der Waals surface area (Å²) in [6.45, 7) is 0. The molecule has 3 rings (SSSR count). The third kappa shape index (κ3) is 1.95. The molecule has 0 fully saturated rings. The van der Waals surface area contributed by atoms with Crippen LogP contribution in [-0.4, -0.2) is 24.1 Å². The second-order valence-corrected chi connectivity index (χ2v) is 5.18. The smallest absolute Gasteiger partial charge is 0.119 e. The van der Waals surface area contributed by atoms with Gasteiger partial charge in [-0.25, -0.2) is 9.97 Å². The highest BCUT2D eigenvalue weighted by Gasteiger charge is 2.05. The van der Waals surface area contributed by atoms with E-state index in [1.165, 1.54) is 0 Å². The van der Waals surface area contributed by atoms with Gasteiger partial charge in [0.2, 0.25) is 0 Å². The maximum atomic E-state index is 4.63. The first-order valence-corrected chi connectivity index (χ1v) is 6.53. The van der Waals surface area contributed by atoms with Gasteiger partial charge < -0.3 is 4.90 Å². The van der Waals surface area contributed by atoms with Crippen molar-refractivity contribution in [3.05, 3.63) is 41.9 Å². The predicted molar refractivity (Wildman–Crippen MR) is 76.0 cm³/mol. The molecule has 0 amide bonds. The molecule has 0 unspecified atom stereocenters. The average molecular weight is 254 g/mol. The molecule has 3 aromatic rings. The number of fused-ring (bicyclic) bond motifs is 1. The van der Waals surface area contributed by atoms with Gasteiger partial charge in [-0.1, -0.05) is 6.07 Å². The minimum absolute atomic E-state index is 0.813. The van der Waals surface area contributed by atoms with Crippen molar-refractivity contribution in [3.8, 4) is 10.6 Å². The van der Waals surface area contributed by atoms with Crippen molar-refractivity contribution in [2.45, 2.75) is 0 Å². The Hall–Kier alpha value is -1.94. The molecule has 1 aromatic carbocycles. The first-order chi connectivity index (χ1) is 8.74. The Balaban J connectivity index is 2.15. The third-order valence-corrected chi connectivity index (χ3v) is 3.62. The molecule has 2 aromatic heterocycles. The molecule has 0 aliphatic carbocycles. The molecule has 0 N–H and O–H groups in total. The zero-order valence-corrected chi connectivity index (χ0v) is 11.0. The lowest BCUT2D eigenvalue weighted by atomic mass is 10.2. The van der Waals surface area contributed by atoms with E-state index >= 15 is 0 Å². The molecule has 0 atom stereocenters. The molecule has 0 spiro atoms. The van der Waals surface area contributed by atoms with Gasteiger partial charge in [-0.05, 0) is 29.6 Å². The van der Waals surface area contributed by atoms with Crippen molar-refractivity contribution in [2.24, 2.45) is 0 Å².